The van der Waals surface area contributed by atoms with Gasteiger partial charge in [-0.2, -0.15) is 0 Å². The maximum absolute atomic E-state index is 10.3. The molecule has 1 rings (SSSR count). The van der Waals surface area contributed by atoms with E-state index in [0.29, 0.717) is 0 Å². The van der Waals surface area contributed by atoms with E-state index in [4.69, 9.17) is 10.2 Å². The van der Waals surface area contributed by atoms with E-state index in [-0.39, 0.29) is 24.2 Å². The van der Waals surface area contributed by atoms with Crippen LogP contribution in [0.2, 0.25) is 0 Å². The number of aromatic nitrogens is 2. The summed E-state index contributed by atoms with van der Waals surface area (Å²) in [7, 11) is 0. The molecule has 0 unspecified atom stereocenters. The number of hydrogen-bond donors (Lipinski definition) is 2. The monoisotopic (exact) mass is 196 g/mol. The second-order valence-electron chi connectivity index (χ2n) is 2.64. The first kappa shape index (κ1) is 10.1. The van der Waals surface area contributed by atoms with E-state index in [1.807, 2.05) is 0 Å². The molecule has 74 valence electrons. The van der Waals surface area contributed by atoms with Gasteiger partial charge in [-0.15, -0.1) is 0 Å². The molecule has 0 saturated heterocycles. The van der Waals surface area contributed by atoms with Crippen molar-refractivity contribution in [2.24, 2.45) is 0 Å². The fourth-order valence-corrected chi connectivity index (χ4v) is 0.932. The van der Waals surface area contributed by atoms with Gasteiger partial charge < -0.3 is 10.2 Å². The van der Waals surface area contributed by atoms with Gasteiger partial charge in [-0.1, -0.05) is 0 Å². The average molecular weight is 196 g/mol. The van der Waals surface area contributed by atoms with Gasteiger partial charge in [-0.25, -0.2) is 0 Å². The van der Waals surface area contributed by atoms with Crippen LogP contribution in [-0.4, -0.2) is 32.1 Å². The summed E-state index contributed by atoms with van der Waals surface area (Å²) in [5.74, 6) is -2.04. The van der Waals surface area contributed by atoms with Crippen LogP contribution in [0.3, 0.4) is 0 Å². The van der Waals surface area contributed by atoms with E-state index in [1.54, 1.807) is 0 Å². The van der Waals surface area contributed by atoms with Crippen molar-refractivity contribution in [3.63, 3.8) is 0 Å². The minimum atomic E-state index is -1.02. The van der Waals surface area contributed by atoms with E-state index >= 15 is 0 Å². The number of aliphatic carboxylic acids is 2. The van der Waals surface area contributed by atoms with Gasteiger partial charge in [-0.3, -0.25) is 19.6 Å². The molecule has 0 spiro atoms. The summed E-state index contributed by atoms with van der Waals surface area (Å²) in [5, 5.41) is 16.9. The van der Waals surface area contributed by atoms with Crippen molar-refractivity contribution in [3.05, 3.63) is 23.8 Å². The summed E-state index contributed by atoms with van der Waals surface area (Å²) in [5.41, 5.74) is 0.521. The number of rotatable bonds is 4. The lowest BCUT2D eigenvalue weighted by molar-refractivity contribution is -0.137. The molecule has 0 aliphatic rings. The molecule has 0 saturated carbocycles. The average Bonchev–Trinajstić information content (AvgIpc) is 2.01. The van der Waals surface area contributed by atoms with Crippen molar-refractivity contribution in [1.29, 1.82) is 0 Å². The van der Waals surface area contributed by atoms with Crippen molar-refractivity contribution in [2.45, 2.75) is 12.8 Å². The fourth-order valence-electron chi connectivity index (χ4n) is 0.932. The first-order chi connectivity index (χ1) is 6.58. The molecule has 0 amide bonds. The summed E-state index contributed by atoms with van der Waals surface area (Å²) in [6.07, 6.45) is 2.11. The molecule has 1 aromatic heterocycles. The van der Waals surface area contributed by atoms with Crippen molar-refractivity contribution in [1.82, 2.24) is 9.97 Å². The molecular weight excluding hydrogens is 188 g/mol. The Morgan fingerprint density at radius 3 is 1.86 bits per heavy atom. The highest BCUT2D eigenvalue weighted by atomic mass is 16.4. The molecule has 0 atom stereocenters. The summed E-state index contributed by atoms with van der Waals surface area (Å²) >= 11 is 0. The summed E-state index contributed by atoms with van der Waals surface area (Å²) in [4.78, 5) is 28.2. The lowest BCUT2D eigenvalue weighted by atomic mass is 10.3. The van der Waals surface area contributed by atoms with Crippen LogP contribution in [0.5, 0.6) is 0 Å². The van der Waals surface area contributed by atoms with E-state index in [9.17, 15) is 9.59 Å². The zero-order valence-corrected chi connectivity index (χ0v) is 7.17. The molecule has 0 aliphatic carbocycles. The molecule has 1 aromatic rings. The molecule has 6 nitrogen and oxygen atoms in total. The third-order valence-corrected chi connectivity index (χ3v) is 1.40. The number of carboxylic acids is 2. The summed E-state index contributed by atoms with van der Waals surface area (Å²) < 4.78 is 0. The van der Waals surface area contributed by atoms with E-state index in [1.165, 1.54) is 12.4 Å². The second kappa shape index (κ2) is 4.31. The van der Waals surface area contributed by atoms with Gasteiger partial charge >= 0.3 is 11.9 Å². The van der Waals surface area contributed by atoms with Crippen LogP contribution in [0.4, 0.5) is 0 Å². The Balaban J connectivity index is 2.78. The molecule has 0 bridgehead atoms. The number of carboxylic acid groups (broad SMARTS) is 2. The van der Waals surface area contributed by atoms with Crippen LogP contribution in [0.15, 0.2) is 12.4 Å². The van der Waals surface area contributed by atoms with Gasteiger partial charge in [0.2, 0.25) is 0 Å². The molecule has 0 aromatic carbocycles. The smallest absolute Gasteiger partial charge is 0.309 e. The SMILES string of the molecule is O=C(O)Cc1cncc(CC(=O)O)n1. The van der Waals surface area contributed by atoms with Gasteiger partial charge in [0, 0.05) is 12.4 Å². The number of nitrogens with zero attached hydrogens (tertiary/aromatic N) is 2. The Morgan fingerprint density at radius 2 is 1.50 bits per heavy atom. The van der Waals surface area contributed by atoms with Crippen LogP contribution in [0.25, 0.3) is 0 Å². The van der Waals surface area contributed by atoms with Gasteiger partial charge in [0.1, 0.15) is 0 Å². The van der Waals surface area contributed by atoms with E-state index in [2.05, 4.69) is 9.97 Å². The number of hydrogen-bond acceptors (Lipinski definition) is 4. The largest absolute Gasteiger partial charge is 0.481 e. The quantitative estimate of drug-likeness (QED) is 0.687. The first-order valence-corrected chi connectivity index (χ1v) is 3.81. The zero-order valence-electron chi connectivity index (χ0n) is 7.17. The van der Waals surface area contributed by atoms with E-state index in [0.717, 1.165) is 0 Å². The van der Waals surface area contributed by atoms with Gasteiger partial charge in [0.15, 0.2) is 0 Å². The molecule has 2 N–H and O–H groups in total. The standard InChI is InChI=1S/C8H8N2O4/c11-7(12)1-5-3-9-4-6(10-5)2-8(13)14/h3-4H,1-2H2,(H,11,12)(H,13,14). The fraction of sp³-hybridized carbons (Fsp3) is 0.250. The molecule has 14 heavy (non-hydrogen) atoms. The number of carbonyl (C=O) groups is 2. The minimum Gasteiger partial charge on any atom is -0.481 e. The molecule has 1 heterocycles. The lowest BCUT2D eigenvalue weighted by Gasteiger charge is -1.98. The van der Waals surface area contributed by atoms with Gasteiger partial charge in [0.25, 0.3) is 0 Å². The van der Waals surface area contributed by atoms with Crippen LogP contribution >= 0.6 is 0 Å². The molecule has 0 fully saturated rings. The topological polar surface area (TPSA) is 100 Å². The van der Waals surface area contributed by atoms with Crippen LogP contribution in [-0.2, 0) is 22.4 Å². The Kier molecular flexibility index (Phi) is 3.11. The van der Waals surface area contributed by atoms with E-state index < -0.39 is 11.9 Å². The Hall–Kier alpha value is -1.98. The predicted octanol–water partition coefficient (Wildman–Crippen LogP) is -0.269. The summed E-state index contributed by atoms with van der Waals surface area (Å²) in [6, 6.07) is 0. The zero-order chi connectivity index (χ0) is 10.6. The van der Waals surface area contributed by atoms with Crippen molar-refractivity contribution >= 4 is 11.9 Å². The predicted molar refractivity (Wildman–Crippen MR) is 44.7 cm³/mol. The second-order valence-corrected chi connectivity index (χ2v) is 2.64. The van der Waals surface area contributed by atoms with Crippen molar-refractivity contribution in [2.75, 3.05) is 0 Å². The Morgan fingerprint density at radius 1 is 1.07 bits per heavy atom. The molecule has 0 aliphatic heterocycles. The first-order valence-electron chi connectivity index (χ1n) is 3.81. The Bertz CT molecular complexity index is 333. The highest BCUT2D eigenvalue weighted by Crippen LogP contribution is 1.98. The third kappa shape index (κ3) is 3.18. The van der Waals surface area contributed by atoms with Crippen LogP contribution < -0.4 is 0 Å². The highest BCUT2D eigenvalue weighted by molar-refractivity contribution is 5.70. The Labute approximate surface area is 79.2 Å². The third-order valence-electron chi connectivity index (χ3n) is 1.40. The minimum absolute atomic E-state index is 0.250. The molecule has 6 heteroatoms. The van der Waals surface area contributed by atoms with Crippen molar-refractivity contribution in [3.8, 4) is 0 Å². The van der Waals surface area contributed by atoms with Gasteiger partial charge in [-0.05, 0) is 0 Å². The van der Waals surface area contributed by atoms with Crippen LogP contribution in [0.1, 0.15) is 11.4 Å². The summed E-state index contributed by atoms with van der Waals surface area (Å²) in [6.45, 7) is 0. The van der Waals surface area contributed by atoms with Crippen molar-refractivity contribution < 1.29 is 19.8 Å². The molecular formula is C8H8N2O4. The highest BCUT2D eigenvalue weighted by Gasteiger charge is 2.06. The van der Waals surface area contributed by atoms with Crippen LogP contribution in [0, 0.1) is 0 Å². The lowest BCUT2D eigenvalue weighted by Crippen LogP contribution is -2.07. The maximum Gasteiger partial charge on any atom is 0.309 e. The normalized spacial score (nSPS) is 9.71. The maximum atomic E-state index is 10.3. The molecule has 0 radical (unpaired) electrons. The van der Waals surface area contributed by atoms with Gasteiger partial charge in [0.05, 0.1) is 24.2 Å².